The third-order valence-electron chi connectivity index (χ3n) is 1.54. The summed E-state index contributed by atoms with van der Waals surface area (Å²) < 4.78 is 1.73. The van der Waals surface area contributed by atoms with Gasteiger partial charge in [0.2, 0.25) is 5.91 Å². The second kappa shape index (κ2) is 8.33. The van der Waals surface area contributed by atoms with Crippen molar-refractivity contribution in [3.8, 4) is 6.07 Å². The van der Waals surface area contributed by atoms with Crippen LogP contribution >= 0.6 is 34.9 Å². The predicted molar refractivity (Wildman–Crippen MR) is 70.3 cm³/mol. The zero-order chi connectivity index (χ0) is 12.5. The summed E-state index contributed by atoms with van der Waals surface area (Å²) in [5.74, 6) is 1.20. The summed E-state index contributed by atoms with van der Waals surface area (Å²) in [6, 6.07) is 1.97. The van der Waals surface area contributed by atoms with Gasteiger partial charge >= 0.3 is 0 Å². The number of aromatic nitrogens is 2. The lowest BCUT2D eigenvalue weighted by atomic mass is 10.4. The lowest BCUT2D eigenvalue weighted by Crippen LogP contribution is -2.25. The van der Waals surface area contributed by atoms with E-state index in [0.29, 0.717) is 18.7 Å². The number of amides is 1. The highest BCUT2D eigenvalue weighted by Crippen LogP contribution is 2.28. The third-order valence-corrected chi connectivity index (χ3v) is 4.61. The summed E-state index contributed by atoms with van der Waals surface area (Å²) in [6.45, 7) is 2.46. The Morgan fingerprint density at radius 1 is 1.47 bits per heavy atom. The van der Waals surface area contributed by atoms with Crippen molar-refractivity contribution in [2.75, 3.05) is 18.1 Å². The first kappa shape index (κ1) is 14.3. The molecule has 0 unspecified atom stereocenters. The summed E-state index contributed by atoms with van der Waals surface area (Å²) in [6.07, 6.45) is 0.340. The Bertz CT molecular complexity index is 401. The summed E-state index contributed by atoms with van der Waals surface area (Å²) >= 11 is 4.51. The number of rotatable bonds is 7. The van der Waals surface area contributed by atoms with Gasteiger partial charge in [-0.25, -0.2) is 0 Å². The van der Waals surface area contributed by atoms with E-state index >= 15 is 0 Å². The fourth-order valence-electron chi connectivity index (χ4n) is 0.873. The van der Waals surface area contributed by atoms with Gasteiger partial charge in [0.25, 0.3) is 0 Å². The molecule has 1 aromatic heterocycles. The standard InChI is InChI=1S/C9H12N4OS3/c1-2-15-8-12-13-9(17-8)16-6-7(14)11-5-3-4-10/h2-3,5-6H2,1H3,(H,11,14). The van der Waals surface area contributed by atoms with Gasteiger partial charge in [0.05, 0.1) is 18.2 Å². The number of nitrogens with one attached hydrogen (secondary N) is 1. The number of hydrogen-bond acceptors (Lipinski definition) is 7. The van der Waals surface area contributed by atoms with Crippen molar-refractivity contribution in [3.63, 3.8) is 0 Å². The summed E-state index contributed by atoms with van der Waals surface area (Å²) in [4.78, 5) is 11.3. The summed E-state index contributed by atoms with van der Waals surface area (Å²) in [5, 5.41) is 18.9. The molecular formula is C9H12N4OS3. The highest BCUT2D eigenvalue weighted by Gasteiger charge is 2.07. The molecule has 1 heterocycles. The SMILES string of the molecule is CCSc1nnc(SCC(=O)NCCC#N)s1. The van der Waals surface area contributed by atoms with Gasteiger partial charge < -0.3 is 5.32 Å². The Kier molecular flexibility index (Phi) is 7.00. The Hall–Kier alpha value is -0.780. The van der Waals surface area contributed by atoms with Crippen LogP contribution in [0.3, 0.4) is 0 Å². The quantitative estimate of drug-likeness (QED) is 0.608. The minimum Gasteiger partial charge on any atom is -0.354 e. The molecule has 1 aromatic rings. The van der Waals surface area contributed by atoms with Crippen LogP contribution in [0.5, 0.6) is 0 Å². The molecule has 1 N–H and O–H groups in total. The normalized spacial score (nSPS) is 9.88. The Morgan fingerprint density at radius 2 is 2.18 bits per heavy atom. The molecule has 0 saturated heterocycles. The smallest absolute Gasteiger partial charge is 0.230 e. The molecule has 0 fully saturated rings. The molecule has 0 bridgehead atoms. The maximum absolute atomic E-state index is 11.3. The van der Waals surface area contributed by atoms with Crippen LogP contribution < -0.4 is 5.32 Å². The Labute approximate surface area is 112 Å². The van der Waals surface area contributed by atoms with Gasteiger partial charge in [0.15, 0.2) is 8.68 Å². The van der Waals surface area contributed by atoms with Gasteiger partial charge in [-0.15, -0.1) is 10.2 Å². The van der Waals surface area contributed by atoms with E-state index in [4.69, 9.17) is 5.26 Å². The van der Waals surface area contributed by atoms with E-state index in [0.717, 1.165) is 14.4 Å². The minimum atomic E-state index is -0.0786. The van der Waals surface area contributed by atoms with Crippen LogP contribution in [-0.2, 0) is 4.79 Å². The van der Waals surface area contributed by atoms with Crippen molar-refractivity contribution in [1.29, 1.82) is 5.26 Å². The average Bonchev–Trinajstić information content (AvgIpc) is 2.75. The van der Waals surface area contributed by atoms with E-state index in [1.807, 2.05) is 6.07 Å². The molecule has 0 aliphatic carbocycles. The van der Waals surface area contributed by atoms with E-state index < -0.39 is 0 Å². The lowest BCUT2D eigenvalue weighted by molar-refractivity contribution is -0.118. The molecule has 92 valence electrons. The molecule has 8 heteroatoms. The fourth-order valence-corrected chi connectivity index (χ4v) is 3.62. The van der Waals surface area contributed by atoms with Crippen molar-refractivity contribution >= 4 is 40.8 Å². The second-order valence-electron chi connectivity index (χ2n) is 2.81. The number of nitriles is 1. The highest BCUT2D eigenvalue weighted by atomic mass is 32.2. The van der Waals surface area contributed by atoms with Gasteiger partial charge in [-0.1, -0.05) is 41.8 Å². The minimum absolute atomic E-state index is 0.0786. The number of carbonyl (C=O) groups is 1. The maximum atomic E-state index is 11.3. The van der Waals surface area contributed by atoms with E-state index in [9.17, 15) is 4.79 Å². The largest absolute Gasteiger partial charge is 0.354 e. The molecule has 1 rings (SSSR count). The number of carbonyl (C=O) groups excluding carboxylic acids is 1. The first-order valence-corrected chi connectivity index (χ1v) is 7.77. The van der Waals surface area contributed by atoms with Crippen molar-refractivity contribution in [3.05, 3.63) is 0 Å². The van der Waals surface area contributed by atoms with Crippen molar-refractivity contribution < 1.29 is 4.79 Å². The molecule has 0 saturated carbocycles. The van der Waals surface area contributed by atoms with E-state index in [-0.39, 0.29) is 5.91 Å². The second-order valence-corrected chi connectivity index (χ2v) is 6.52. The zero-order valence-corrected chi connectivity index (χ0v) is 11.8. The van der Waals surface area contributed by atoms with E-state index in [2.05, 4.69) is 22.4 Å². The number of thioether (sulfide) groups is 2. The van der Waals surface area contributed by atoms with Crippen molar-refractivity contribution in [1.82, 2.24) is 15.5 Å². The van der Waals surface area contributed by atoms with Crippen LogP contribution in [0.4, 0.5) is 0 Å². The molecule has 0 atom stereocenters. The molecular weight excluding hydrogens is 276 g/mol. The molecule has 0 spiro atoms. The molecule has 0 radical (unpaired) electrons. The summed E-state index contributed by atoms with van der Waals surface area (Å²) in [5.41, 5.74) is 0. The number of hydrogen-bond donors (Lipinski definition) is 1. The van der Waals surface area contributed by atoms with Crippen LogP contribution in [0.2, 0.25) is 0 Å². The van der Waals surface area contributed by atoms with Crippen LogP contribution in [0.25, 0.3) is 0 Å². The Morgan fingerprint density at radius 3 is 2.82 bits per heavy atom. The van der Waals surface area contributed by atoms with Crippen LogP contribution in [0.1, 0.15) is 13.3 Å². The van der Waals surface area contributed by atoms with Gasteiger partial charge in [-0.05, 0) is 5.75 Å². The van der Waals surface area contributed by atoms with Crippen LogP contribution in [-0.4, -0.2) is 34.2 Å². The molecule has 1 amide bonds. The molecule has 0 aliphatic heterocycles. The third kappa shape index (κ3) is 5.91. The lowest BCUT2D eigenvalue weighted by Gasteiger charge is -1.99. The van der Waals surface area contributed by atoms with Crippen LogP contribution in [0, 0.1) is 11.3 Å². The highest BCUT2D eigenvalue weighted by molar-refractivity contribution is 8.03. The molecule has 0 aliphatic rings. The zero-order valence-electron chi connectivity index (χ0n) is 9.30. The van der Waals surface area contributed by atoms with Gasteiger partial charge in [0, 0.05) is 6.54 Å². The molecule has 5 nitrogen and oxygen atoms in total. The summed E-state index contributed by atoms with van der Waals surface area (Å²) in [7, 11) is 0. The topological polar surface area (TPSA) is 78.7 Å². The van der Waals surface area contributed by atoms with Gasteiger partial charge in [-0.3, -0.25) is 4.79 Å². The fraction of sp³-hybridized carbons (Fsp3) is 0.556. The predicted octanol–water partition coefficient (Wildman–Crippen LogP) is 1.77. The van der Waals surface area contributed by atoms with Crippen LogP contribution in [0.15, 0.2) is 8.68 Å². The molecule has 17 heavy (non-hydrogen) atoms. The average molecular weight is 288 g/mol. The van der Waals surface area contributed by atoms with E-state index in [1.54, 1.807) is 11.8 Å². The Balaban J connectivity index is 2.25. The number of nitrogens with zero attached hydrogens (tertiary/aromatic N) is 3. The monoisotopic (exact) mass is 288 g/mol. The van der Waals surface area contributed by atoms with Crippen molar-refractivity contribution in [2.24, 2.45) is 0 Å². The van der Waals surface area contributed by atoms with Crippen molar-refractivity contribution in [2.45, 2.75) is 22.0 Å². The first-order chi connectivity index (χ1) is 8.26. The maximum Gasteiger partial charge on any atom is 0.230 e. The van der Waals surface area contributed by atoms with Gasteiger partial charge in [-0.2, -0.15) is 5.26 Å². The first-order valence-electron chi connectivity index (χ1n) is 4.99. The molecule has 0 aromatic carbocycles. The van der Waals surface area contributed by atoms with E-state index in [1.165, 1.54) is 23.1 Å². The van der Waals surface area contributed by atoms with Gasteiger partial charge in [0.1, 0.15) is 0 Å².